The Labute approximate surface area is 229 Å². The Bertz CT molecular complexity index is 1240. The molecule has 2 aliphatic heterocycles. The fourth-order valence-corrected chi connectivity index (χ4v) is 5.36. The van der Waals surface area contributed by atoms with Gasteiger partial charge in [-0.2, -0.15) is 17.6 Å². The molecule has 4 rings (SSSR count). The molecule has 0 bridgehead atoms. The minimum Gasteiger partial charge on any atom is -0.443 e. The molecule has 38 heavy (non-hydrogen) atoms. The Kier molecular flexibility index (Phi) is 10.5. The number of nitrogens with zero attached hydrogens (tertiary/aromatic N) is 2. The number of thioether (sulfide) groups is 1. The molecule has 8 nitrogen and oxygen atoms in total. The van der Waals surface area contributed by atoms with Crippen molar-refractivity contribution in [2.45, 2.75) is 33.5 Å². The molecule has 0 radical (unpaired) electrons. The third-order valence-corrected chi connectivity index (χ3v) is 7.93. The molecule has 2 atom stereocenters. The first kappa shape index (κ1) is 30.3. The summed E-state index contributed by atoms with van der Waals surface area (Å²) in [6.45, 7) is 0.148. The van der Waals surface area contributed by atoms with Crippen molar-refractivity contribution in [2.75, 3.05) is 34.8 Å². The topological polar surface area (TPSA) is 93.2 Å². The van der Waals surface area contributed by atoms with E-state index < -0.39 is 38.3 Å². The van der Waals surface area contributed by atoms with Crippen molar-refractivity contribution in [3.8, 4) is 0 Å². The lowest BCUT2D eigenvalue weighted by Crippen LogP contribution is -2.31. The second-order valence-corrected chi connectivity index (χ2v) is 11.2. The first-order valence-corrected chi connectivity index (χ1v) is 14.2. The van der Waals surface area contributed by atoms with Crippen molar-refractivity contribution in [2.24, 2.45) is 0 Å². The molecule has 0 aliphatic carbocycles. The zero-order chi connectivity index (χ0) is 28.0. The van der Waals surface area contributed by atoms with E-state index in [4.69, 9.17) is 32.7 Å². The van der Waals surface area contributed by atoms with Crippen LogP contribution in [0.15, 0.2) is 58.3 Å². The molecule has 16 heteroatoms. The first-order chi connectivity index (χ1) is 18.0. The average molecular weight is 619 g/mol. The smallest absolute Gasteiger partial charge is 0.414 e. The summed E-state index contributed by atoms with van der Waals surface area (Å²) < 4.78 is 84.5. The summed E-state index contributed by atoms with van der Waals surface area (Å²) in [4.78, 5) is 24.7. The Morgan fingerprint density at radius 3 is 2.21 bits per heavy atom. The third-order valence-electron chi connectivity index (χ3n) is 5.19. The van der Waals surface area contributed by atoms with Gasteiger partial charge in [0.1, 0.15) is 12.8 Å². The highest BCUT2D eigenvalue weighted by molar-refractivity contribution is 7.99. The van der Waals surface area contributed by atoms with Crippen LogP contribution in [0, 0.1) is 0 Å². The summed E-state index contributed by atoms with van der Waals surface area (Å²) in [7, 11) is -5.12. The van der Waals surface area contributed by atoms with Crippen LogP contribution in [0.1, 0.15) is 0 Å². The van der Waals surface area contributed by atoms with Gasteiger partial charge >= 0.3 is 11.9 Å². The predicted octanol–water partition coefficient (Wildman–Crippen LogP) is 5.18. The van der Waals surface area contributed by atoms with Gasteiger partial charge in [0, 0.05) is 10.6 Å². The van der Waals surface area contributed by atoms with Gasteiger partial charge in [-0.05, 0) is 30.3 Å². The summed E-state index contributed by atoms with van der Waals surface area (Å²) >= 11 is 11.1. The van der Waals surface area contributed by atoms with Crippen LogP contribution in [-0.2, 0) is 24.1 Å². The van der Waals surface area contributed by atoms with Gasteiger partial charge < -0.3 is 9.47 Å². The molecule has 0 saturated carbocycles. The summed E-state index contributed by atoms with van der Waals surface area (Å²) in [5, 5.41) is 0. The number of hydrogen-bond donors (Lipinski definition) is 0. The number of rotatable bonds is 8. The van der Waals surface area contributed by atoms with Crippen LogP contribution in [0.5, 0.6) is 0 Å². The number of para-hydroxylation sites is 1. The summed E-state index contributed by atoms with van der Waals surface area (Å²) in [6, 6.07) is 12.2. The normalized spacial score (nSPS) is 19.7. The quantitative estimate of drug-likeness (QED) is 0.229. The molecule has 2 amide bonds. The predicted molar refractivity (Wildman–Crippen MR) is 134 cm³/mol. The highest BCUT2D eigenvalue weighted by Crippen LogP contribution is 2.36. The average Bonchev–Trinajstić information content (AvgIpc) is 3.46. The van der Waals surface area contributed by atoms with Crippen LogP contribution < -0.4 is 9.80 Å². The van der Waals surface area contributed by atoms with Crippen molar-refractivity contribution in [3.05, 3.63) is 48.5 Å². The largest absolute Gasteiger partial charge is 0.443 e. The van der Waals surface area contributed by atoms with Crippen LogP contribution in [0.4, 0.5) is 33.7 Å². The van der Waals surface area contributed by atoms with Gasteiger partial charge in [0.25, 0.3) is 11.7 Å². The Morgan fingerprint density at radius 2 is 1.68 bits per heavy atom. The zero-order valence-corrected chi connectivity index (χ0v) is 22.3. The molecule has 2 aromatic carbocycles. The van der Waals surface area contributed by atoms with Crippen LogP contribution in [-0.4, -0.2) is 69.2 Å². The molecule has 2 unspecified atom stereocenters. The van der Waals surface area contributed by atoms with Gasteiger partial charge in [0.05, 0.1) is 28.9 Å². The van der Waals surface area contributed by atoms with E-state index >= 15 is 0 Å². The maximum absolute atomic E-state index is 12.9. The van der Waals surface area contributed by atoms with Crippen LogP contribution >= 0.6 is 35.0 Å². The summed E-state index contributed by atoms with van der Waals surface area (Å²) in [5.41, 5.74) is 0.483. The van der Waals surface area contributed by atoms with E-state index in [9.17, 15) is 35.6 Å². The number of carbonyl (C=O) groups excluding carboxylic acids is 2. The number of alkyl halides is 6. The molecule has 2 aliphatic rings. The van der Waals surface area contributed by atoms with E-state index in [0.717, 1.165) is 22.7 Å². The van der Waals surface area contributed by atoms with E-state index in [-0.39, 0.29) is 47.2 Å². The number of amides is 2. The molecule has 0 aromatic heterocycles. The van der Waals surface area contributed by atoms with Gasteiger partial charge in [-0.25, -0.2) is 13.2 Å². The number of anilines is 2. The van der Waals surface area contributed by atoms with Gasteiger partial charge in [-0.15, -0.1) is 23.2 Å². The summed E-state index contributed by atoms with van der Waals surface area (Å²) in [5.74, 6) is -7.20. The molecule has 2 fully saturated rings. The van der Waals surface area contributed by atoms with Crippen molar-refractivity contribution >= 4 is 68.2 Å². The van der Waals surface area contributed by atoms with E-state index in [1.165, 1.54) is 0 Å². The van der Waals surface area contributed by atoms with Crippen molar-refractivity contribution in [3.63, 3.8) is 0 Å². The number of carbonyl (C=O) groups is 2. The molecule has 2 heterocycles. The van der Waals surface area contributed by atoms with E-state index in [1.807, 2.05) is 30.3 Å². The molecule has 0 N–H and O–H groups in total. The number of halogens is 6. The number of cyclic esters (lactones) is 1. The highest BCUT2D eigenvalue weighted by atomic mass is 35.5. The second kappa shape index (κ2) is 13.2. The molecular weight excluding hydrogens is 599 g/mol. The van der Waals surface area contributed by atoms with Crippen LogP contribution in [0.25, 0.3) is 0 Å². The highest BCUT2D eigenvalue weighted by Gasteiger charge is 2.38. The van der Waals surface area contributed by atoms with Gasteiger partial charge in [0.2, 0.25) is 9.84 Å². The standard InChI is InChI=1S/C12H10ClF4NO4S2.C10H10ClNO2/c13-4-8-10(19)18(5-22-8)7-2-1-6(23-11(14)15)3-9(7)24(20,21)12(16)17;11-6-9-7-12(10(13)14-9)8-4-2-1-3-5-8/h1-3,8,11-12H,4-5H2;1-5,9H,6-7H2. The number of ether oxygens (including phenoxy) is 2. The van der Waals surface area contributed by atoms with E-state index in [1.54, 1.807) is 4.90 Å². The molecule has 0 spiro atoms. The zero-order valence-electron chi connectivity index (χ0n) is 19.2. The van der Waals surface area contributed by atoms with Gasteiger partial charge in [0.15, 0.2) is 6.10 Å². The fraction of sp³-hybridized carbons (Fsp3) is 0.364. The van der Waals surface area contributed by atoms with E-state index in [2.05, 4.69) is 0 Å². The second-order valence-electron chi connectivity index (χ2n) is 7.62. The van der Waals surface area contributed by atoms with Crippen molar-refractivity contribution < 1.29 is 45.0 Å². The Morgan fingerprint density at radius 1 is 1.00 bits per heavy atom. The van der Waals surface area contributed by atoms with E-state index in [0.29, 0.717) is 18.5 Å². The first-order valence-electron chi connectivity index (χ1n) is 10.7. The number of hydrogen-bond acceptors (Lipinski definition) is 7. The minimum absolute atomic E-state index is 0.000969. The SMILES string of the molecule is O=C1C(CCl)OCN1c1ccc(SC(F)F)cc1S(=O)(=O)C(F)F.O=C1OC(CCl)CN1c1ccccc1. The lowest BCUT2D eigenvalue weighted by molar-refractivity contribution is -0.121. The Hall–Kier alpha value is -2.26. The monoisotopic (exact) mass is 618 g/mol. The van der Waals surface area contributed by atoms with Gasteiger partial charge in [-0.3, -0.25) is 14.6 Å². The minimum atomic E-state index is -5.12. The molecule has 2 aromatic rings. The fourth-order valence-electron chi connectivity index (χ4n) is 3.41. The molecular formula is C22H20Cl2F4N2O6S2. The van der Waals surface area contributed by atoms with Crippen molar-refractivity contribution in [1.29, 1.82) is 0 Å². The molecule has 208 valence electrons. The Balaban J connectivity index is 0.000000241. The third kappa shape index (κ3) is 7.03. The lowest BCUT2D eigenvalue weighted by atomic mass is 10.2. The van der Waals surface area contributed by atoms with Gasteiger partial charge in [-0.1, -0.05) is 30.0 Å². The number of sulfone groups is 1. The van der Waals surface area contributed by atoms with Crippen molar-refractivity contribution in [1.82, 2.24) is 0 Å². The molecule has 2 saturated heterocycles. The number of benzene rings is 2. The van der Waals surface area contributed by atoms with Crippen LogP contribution in [0.2, 0.25) is 0 Å². The summed E-state index contributed by atoms with van der Waals surface area (Å²) in [6.07, 6.45) is -1.55. The maximum atomic E-state index is 12.9. The van der Waals surface area contributed by atoms with Crippen LogP contribution in [0.3, 0.4) is 0 Å². The maximum Gasteiger partial charge on any atom is 0.414 e. The lowest BCUT2D eigenvalue weighted by Gasteiger charge is -2.19.